The minimum absolute atomic E-state index is 0.155. The summed E-state index contributed by atoms with van der Waals surface area (Å²) >= 11 is 0. The average Bonchev–Trinajstić information content (AvgIpc) is 2.54. The molecule has 0 saturated heterocycles. The van der Waals surface area contributed by atoms with E-state index >= 15 is 0 Å². The fraction of sp³-hybridized carbons (Fsp3) is 0.714. The highest BCUT2D eigenvalue weighted by Gasteiger charge is 2.24. The van der Waals surface area contributed by atoms with Crippen molar-refractivity contribution in [2.75, 3.05) is 0 Å². The second-order valence-corrected chi connectivity index (χ2v) is 6.92. The summed E-state index contributed by atoms with van der Waals surface area (Å²) in [7, 11) is 0. The number of carboxylic acids is 1. The number of aliphatic carboxylic acids is 1. The van der Waals surface area contributed by atoms with Crippen LogP contribution in [0.2, 0.25) is 0 Å². The maximum Gasteiger partial charge on any atom is 0.310 e. The van der Waals surface area contributed by atoms with Gasteiger partial charge in [-0.05, 0) is 26.7 Å². The van der Waals surface area contributed by atoms with Crippen molar-refractivity contribution in [3.8, 4) is 0 Å². The number of hydrogen-bond donors (Lipinski definition) is 1. The van der Waals surface area contributed by atoms with E-state index in [2.05, 4.69) is 24.8 Å². The molecule has 0 unspecified atom stereocenters. The molecular weight excluding hydrogens is 316 g/mol. The quantitative estimate of drug-likeness (QED) is 0.173. The molecule has 0 aromatic carbocycles. The SMILES string of the molecule is C=CCC(C)(C)C(=O)O.C=COC(=O)CCCCCCCCCCC. The van der Waals surface area contributed by atoms with Crippen LogP contribution in [0.4, 0.5) is 0 Å². The van der Waals surface area contributed by atoms with Crippen molar-refractivity contribution in [3.63, 3.8) is 0 Å². The number of esters is 1. The van der Waals surface area contributed by atoms with Gasteiger partial charge in [-0.2, -0.15) is 0 Å². The highest BCUT2D eigenvalue weighted by molar-refractivity contribution is 5.73. The van der Waals surface area contributed by atoms with Gasteiger partial charge in [0.1, 0.15) is 0 Å². The first kappa shape index (κ1) is 25.7. The lowest BCUT2D eigenvalue weighted by Gasteiger charge is -2.15. The summed E-state index contributed by atoms with van der Waals surface area (Å²) in [4.78, 5) is 21.3. The van der Waals surface area contributed by atoms with Crippen molar-refractivity contribution in [2.24, 2.45) is 5.41 Å². The van der Waals surface area contributed by atoms with Gasteiger partial charge in [-0.3, -0.25) is 9.59 Å². The first-order chi connectivity index (χ1) is 11.8. The van der Waals surface area contributed by atoms with Gasteiger partial charge >= 0.3 is 11.9 Å². The van der Waals surface area contributed by atoms with Crippen LogP contribution in [0.15, 0.2) is 25.5 Å². The maximum absolute atomic E-state index is 11.0. The van der Waals surface area contributed by atoms with Gasteiger partial charge < -0.3 is 9.84 Å². The van der Waals surface area contributed by atoms with Crippen LogP contribution < -0.4 is 0 Å². The van der Waals surface area contributed by atoms with Gasteiger partial charge in [-0.15, -0.1) is 6.58 Å². The lowest BCUT2D eigenvalue weighted by molar-refractivity contribution is -0.146. The zero-order chi connectivity index (χ0) is 19.6. The molecule has 0 amide bonds. The van der Waals surface area contributed by atoms with Crippen LogP contribution in [-0.4, -0.2) is 17.0 Å². The molecule has 0 aliphatic carbocycles. The van der Waals surface area contributed by atoms with E-state index in [0.717, 1.165) is 12.8 Å². The van der Waals surface area contributed by atoms with E-state index in [1.54, 1.807) is 19.9 Å². The molecule has 25 heavy (non-hydrogen) atoms. The van der Waals surface area contributed by atoms with Crippen LogP contribution in [0.5, 0.6) is 0 Å². The molecule has 0 aromatic rings. The number of carboxylic acid groups (broad SMARTS) is 1. The molecule has 0 bridgehead atoms. The summed E-state index contributed by atoms with van der Waals surface area (Å²) < 4.78 is 4.64. The van der Waals surface area contributed by atoms with Crippen LogP contribution in [0, 0.1) is 5.41 Å². The van der Waals surface area contributed by atoms with Crippen LogP contribution >= 0.6 is 0 Å². The number of allylic oxidation sites excluding steroid dienone is 1. The molecule has 1 N–H and O–H groups in total. The average molecular weight is 355 g/mol. The minimum atomic E-state index is -0.776. The molecule has 0 aliphatic heterocycles. The molecule has 0 spiro atoms. The van der Waals surface area contributed by atoms with Gasteiger partial charge in [-0.1, -0.05) is 70.9 Å². The van der Waals surface area contributed by atoms with E-state index in [-0.39, 0.29) is 5.97 Å². The fourth-order valence-corrected chi connectivity index (χ4v) is 2.18. The molecular formula is C21H38O4. The summed E-state index contributed by atoms with van der Waals surface area (Å²) in [6.45, 7) is 12.4. The first-order valence-corrected chi connectivity index (χ1v) is 9.46. The molecule has 0 aromatic heterocycles. The topological polar surface area (TPSA) is 63.6 Å². The molecule has 0 heterocycles. The van der Waals surface area contributed by atoms with E-state index in [0.29, 0.717) is 12.8 Å². The van der Waals surface area contributed by atoms with E-state index in [1.165, 1.54) is 51.2 Å². The zero-order valence-electron chi connectivity index (χ0n) is 16.5. The molecule has 4 heteroatoms. The third-order valence-corrected chi connectivity index (χ3v) is 3.93. The Bertz CT molecular complexity index is 372. The largest absolute Gasteiger partial charge is 0.481 e. The highest BCUT2D eigenvalue weighted by Crippen LogP contribution is 2.19. The van der Waals surface area contributed by atoms with Crippen molar-refractivity contribution in [1.29, 1.82) is 0 Å². The predicted molar refractivity (Wildman–Crippen MR) is 104 cm³/mol. The van der Waals surface area contributed by atoms with Gasteiger partial charge in [0, 0.05) is 6.42 Å². The summed E-state index contributed by atoms with van der Waals surface area (Å²) in [6.07, 6.45) is 15.3. The standard InChI is InChI=1S/C14H26O2.C7H12O2/c1-3-5-6-7-8-9-10-11-12-13-14(15)16-4-2;1-4-5-7(2,3)6(8)9/h4H,2-3,5-13H2,1H3;4H,1,5H2,2-3H3,(H,8,9). The summed E-state index contributed by atoms with van der Waals surface area (Å²) in [5, 5.41) is 8.52. The molecule has 0 saturated carbocycles. The second-order valence-electron chi connectivity index (χ2n) is 6.92. The van der Waals surface area contributed by atoms with Gasteiger partial charge in [0.25, 0.3) is 0 Å². The van der Waals surface area contributed by atoms with Crippen molar-refractivity contribution in [2.45, 2.75) is 91.4 Å². The van der Waals surface area contributed by atoms with Gasteiger partial charge in [0.15, 0.2) is 0 Å². The summed E-state index contributed by atoms with van der Waals surface area (Å²) in [6, 6.07) is 0. The van der Waals surface area contributed by atoms with Crippen LogP contribution in [0.1, 0.15) is 91.4 Å². The van der Waals surface area contributed by atoms with Crippen molar-refractivity contribution in [1.82, 2.24) is 0 Å². The van der Waals surface area contributed by atoms with Gasteiger partial charge in [0.05, 0.1) is 11.7 Å². The number of carbonyl (C=O) groups excluding carboxylic acids is 1. The maximum atomic E-state index is 11.0. The van der Waals surface area contributed by atoms with Crippen LogP contribution in [0.3, 0.4) is 0 Å². The van der Waals surface area contributed by atoms with E-state index in [1.807, 2.05) is 0 Å². The third-order valence-electron chi connectivity index (χ3n) is 3.93. The highest BCUT2D eigenvalue weighted by atomic mass is 16.5. The summed E-state index contributed by atoms with van der Waals surface area (Å²) in [5.74, 6) is -0.930. The van der Waals surface area contributed by atoms with Crippen molar-refractivity contribution < 1.29 is 19.4 Å². The minimum Gasteiger partial charge on any atom is -0.481 e. The molecule has 0 aliphatic rings. The number of hydrogen-bond acceptors (Lipinski definition) is 3. The van der Waals surface area contributed by atoms with Gasteiger partial charge in [0.2, 0.25) is 0 Å². The molecule has 0 atom stereocenters. The Morgan fingerprint density at radius 2 is 1.44 bits per heavy atom. The Morgan fingerprint density at radius 3 is 1.80 bits per heavy atom. The zero-order valence-corrected chi connectivity index (χ0v) is 16.5. The lowest BCUT2D eigenvalue weighted by atomic mass is 9.90. The number of unbranched alkanes of at least 4 members (excludes halogenated alkanes) is 8. The molecule has 0 fully saturated rings. The molecule has 4 nitrogen and oxygen atoms in total. The Balaban J connectivity index is 0. The van der Waals surface area contributed by atoms with Crippen LogP contribution in [-0.2, 0) is 14.3 Å². The Morgan fingerprint density at radius 1 is 0.960 bits per heavy atom. The second kappa shape index (κ2) is 17.2. The smallest absolute Gasteiger partial charge is 0.310 e. The van der Waals surface area contributed by atoms with Crippen molar-refractivity contribution >= 4 is 11.9 Å². The molecule has 0 radical (unpaired) electrons. The fourth-order valence-electron chi connectivity index (χ4n) is 2.18. The summed E-state index contributed by atoms with van der Waals surface area (Å²) in [5.41, 5.74) is -0.651. The Kier molecular flexibility index (Phi) is 17.7. The van der Waals surface area contributed by atoms with E-state index < -0.39 is 11.4 Å². The normalized spacial score (nSPS) is 10.4. The van der Waals surface area contributed by atoms with Crippen molar-refractivity contribution in [3.05, 3.63) is 25.5 Å². The number of rotatable bonds is 14. The number of carbonyl (C=O) groups is 2. The Hall–Kier alpha value is -1.58. The monoisotopic (exact) mass is 354 g/mol. The van der Waals surface area contributed by atoms with Gasteiger partial charge in [-0.25, -0.2) is 0 Å². The van der Waals surface area contributed by atoms with E-state index in [9.17, 15) is 9.59 Å². The molecule has 146 valence electrons. The first-order valence-electron chi connectivity index (χ1n) is 9.46. The predicted octanol–water partition coefficient (Wildman–Crippen LogP) is 6.27. The Labute approximate surface area is 154 Å². The van der Waals surface area contributed by atoms with E-state index in [4.69, 9.17) is 5.11 Å². The molecule has 0 rings (SSSR count). The lowest BCUT2D eigenvalue weighted by Crippen LogP contribution is -2.22. The van der Waals surface area contributed by atoms with Crippen LogP contribution in [0.25, 0.3) is 0 Å². The third kappa shape index (κ3) is 18.6. The number of ether oxygens (including phenoxy) is 1.